The number of hydrogen-bond acceptors (Lipinski definition) is 13. The number of fused-ring (bicyclic) bond motifs is 5. The predicted octanol–water partition coefficient (Wildman–Crippen LogP) is 5.10. The summed E-state index contributed by atoms with van der Waals surface area (Å²) in [5.41, 5.74) is -1.02. The fourth-order valence-electron chi connectivity index (χ4n) is 7.19. The van der Waals surface area contributed by atoms with Crippen molar-refractivity contribution in [3.8, 4) is 16.9 Å². The molecule has 0 fully saturated rings. The largest absolute Gasteiger partial charge is 0.508 e. The summed E-state index contributed by atoms with van der Waals surface area (Å²) in [7, 11) is 1.40. The van der Waals surface area contributed by atoms with Crippen LogP contribution in [-0.2, 0) is 51.0 Å². The minimum Gasteiger partial charge on any atom is -0.508 e. The molecule has 400 valence electrons. The van der Waals surface area contributed by atoms with Gasteiger partial charge in [0, 0.05) is 46.1 Å². The molecule has 8 amide bonds. The first-order valence-corrected chi connectivity index (χ1v) is 24.3. The molecule has 2 aromatic rings. The van der Waals surface area contributed by atoms with Gasteiger partial charge in [-0.2, -0.15) is 0 Å². The molecule has 3 rings (SSSR count). The summed E-state index contributed by atoms with van der Waals surface area (Å²) in [6.07, 6.45) is -3.00. The first-order chi connectivity index (χ1) is 33.3. The Morgan fingerprint density at radius 1 is 0.667 bits per heavy atom. The van der Waals surface area contributed by atoms with E-state index in [9.17, 15) is 43.5 Å². The Hall–Kier alpha value is -6.80. The number of likely N-dealkylation sites (N-methyl/N-ethyl adjacent to an activating group) is 1. The van der Waals surface area contributed by atoms with Crippen molar-refractivity contribution in [1.82, 2.24) is 42.1 Å². The van der Waals surface area contributed by atoms with Crippen LogP contribution in [-0.4, -0.2) is 138 Å². The van der Waals surface area contributed by atoms with E-state index in [0.717, 1.165) is 0 Å². The molecule has 8 N–H and O–H groups in total. The molecule has 1 aliphatic rings. The minimum absolute atomic E-state index is 0.00516. The van der Waals surface area contributed by atoms with Gasteiger partial charge >= 0.3 is 24.4 Å². The summed E-state index contributed by atoms with van der Waals surface area (Å²) in [4.78, 5) is 110. The van der Waals surface area contributed by atoms with E-state index < -0.39 is 94.6 Å². The van der Waals surface area contributed by atoms with Gasteiger partial charge in [0.15, 0.2) is 0 Å². The van der Waals surface area contributed by atoms with Crippen LogP contribution < -0.4 is 37.2 Å². The van der Waals surface area contributed by atoms with Crippen molar-refractivity contribution < 1.29 is 62.4 Å². The number of phenolic OH excluding ortho intramolecular Hbond substituents is 1. The maximum Gasteiger partial charge on any atom is 0.408 e. The molecule has 2 aromatic carbocycles. The highest BCUT2D eigenvalue weighted by Gasteiger charge is 2.36. The van der Waals surface area contributed by atoms with Gasteiger partial charge in [-0.3, -0.25) is 19.2 Å². The van der Waals surface area contributed by atoms with Crippen LogP contribution in [0.4, 0.5) is 19.2 Å². The summed E-state index contributed by atoms with van der Waals surface area (Å²) in [5.74, 6) is -3.04. The van der Waals surface area contributed by atoms with Crippen molar-refractivity contribution in [2.75, 3.05) is 33.2 Å². The van der Waals surface area contributed by atoms with Crippen LogP contribution in [0, 0.1) is 0 Å². The number of rotatable bonds is 15. The molecule has 0 saturated heterocycles. The minimum atomic E-state index is -1.39. The summed E-state index contributed by atoms with van der Waals surface area (Å²) in [5, 5.41) is 29.8. The number of nitrogens with one attached hydrogen (secondary N) is 7. The average molecular weight is 1010 g/mol. The lowest BCUT2D eigenvalue weighted by molar-refractivity contribution is -0.143. The van der Waals surface area contributed by atoms with E-state index in [4.69, 9.17) is 18.9 Å². The Bertz CT molecular complexity index is 2230. The zero-order chi connectivity index (χ0) is 54.2. The van der Waals surface area contributed by atoms with Gasteiger partial charge in [0.1, 0.15) is 52.3 Å². The summed E-state index contributed by atoms with van der Waals surface area (Å²) < 4.78 is 21.5. The second-order valence-electron chi connectivity index (χ2n) is 21.6. The fraction of sp³-hybridized carbons (Fsp3) is 0.608. The van der Waals surface area contributed by atoms with Crippen LogP contribution >= 0.6 is 0 Å². The highest BCUT2D eigenvalue weighted by atomic mass is 16.6. The third-order valence-corrected chi connectivity index (χ3v) is 10.3. The Balaban J connectivity index is 2.08. The van der Waals surface area contributed by atoms with E-state index in [1.165, 1.54) is 18.0 Å². The molecule has 21 nitrogen and oxygen atoms in total. The van der Waals surface area contributed by atoms with E-state index in [2.05, 4.69) is 37.2 Å². The average Bonchev–Trinajstić information content (AvgIpc) is 3.23. The standard InChI is InChI=1S/C51H78N8O13/c1-48(2,3)69-44(65)53-23-15-19-35(40(61)52-25-26-55-46(67)71-50(7,8)9)56-42(63)38-28-31-17-14-18-32(27-31)33-21-22-39(60)34(29-33)30-37(58-47(68)72-51(10,11)12)41(62)57-36(43(64)59(38)13)20-16-24-54-45(66)70-49(4,5)6/h14,17-18,21-22,27,29,35-38,60H,15-16,19-20,23-26,28,30H2,1-13H3,(H,52,61)(H,53,65)(H,54,66)(H,55,67)(H,56,63)(H,57,62)(H,58,68)/t35-,36-,37-,38-/m0/s1. The maximum absolute atomic E-state index is 14.9. The first kappa shape index (κ1) is 59.5. The van der Waals surface area contributed by atoms with Crippen LogP contribution in [0.1, 0.15) is 120 Å². The van der Waals surface area contributed by atoms with Crippen molar-refractivity contribution in [3.05, 3.63) is 53.6 Å². The zero-order valence-electron chi connectivity index (χ0n) is 44.2. The number of alkyl carbamates (subject to hydrolysis) is 4. The zero-order valence-corrected chi connectivity index (χ0v) is 44.2. The van der Waals surface area contributed by atoms with Crippen LogP contribution in [0.2, 0.25) is 0 Å². The SMILES string of the molecule is CN1C(=O)[C@H](CCCNC(=O)OC(C)(C)C)NC(=O)[C@@H](NC(=O)OC(C)(C)C)Cc2cc(ccc2O)-c2cccc(c2)C[C@H]1C(=O)N[C@@H](CCCNC(=O)OC(C)(C)C)C(=O)NCCNC(=O)OC(C)(C)C. The Morgan fingerprint density at radius 2 is 1.18 bits per heavy atom. The number of carbonyl (C=O) groups is 8. The molecular formula is C51H78N8O13. The molecular weight excluding hydrogens is 933 g/mol. The second-order valence-corrected chi connectivity index (χ2v) is 21.6. The first-order valence-electron chi connectivity index (χ1n) is 24.3. The lowest BCUT2D eigenvalue weighted by atomic mass is 9.95. The summed E-state index contributed by atoms with van der Waals surface area (Å²) in [6, 6.07) is 6.73. The maximum atomic E-state index is 14.9. The van der Waals surface area contributed by atoms with Crippen molar-refractivity contribution in [2.24, 2.45) is 0 Å². The van der Waals surface area contributed by atoms with Crippen molar-refractivity contribution in [2.45, 2.75) is 168 Å². The van der Waals surface area contributed by atoms with E-state index in [1.54, 1.807) is 107 Å². The molecule has 0 aliphatic carbocycles. The van der Waals surface area contributed by atoms with Crippen LogP contribution in [0.15, 0.2) is 42.5 Å². The smallest absolute Gasteiger partial charge is 0.408 e. The summed E-state index contributed by atoms with van der Waals surface area (Å²) in [6.45, 7) is 20.4. The molecule has 1 aliphatic heterocycles. The monoisotopic (exact) mass is 1010 g/mol. The number of carbonyl (C=O) groups excluding carboxylic acids is 8. The lowest BCUT2D eigenvalue weighted by Crippen LogP contribution is -2.59. The van der Waals surface area contributed by atoms with Crippen LogP contribution in [0.3, 0.4) is 0 Å². The molecule has 0 radical (unpaired) electrons. The molecule has 21 heteroatoms. The number of amides is 8. The summed E-state index contributed by atoms with van der Waals surface area (Å²) >= 11 is 0. The number of ether oxygens (including phenoxy) is 4. The molecule has 72 heavy (non-hydrogen) atoms. The lowest BCUT2D eigenvalue weighted by Gasteiger charge is -2.33. The second kappa shape index (κ2) is 26.1. The van der Waals surface area contributed by atoms with Gasteiger partial charge < -0.3 is 66.2 Å². The van der Waals surface area contributed by atoms with E-state index in [1.807, 2.05) is 12.1 Å². The molecule has 0 unspecified atom stereocenters. The predicted molar refractivity (Wildman–Crippen MR) is 269 cm³/mol. The highest BCUT2D eigenvalue weighted by molar-refractivity contribution is 5.95. The van der Waals surface area contributed by atoms with Gasteiger partial charge in [-0.05, 0) is 143 Å². The quantitative estimate of drug-likeness (QED) is 0.0853. The third-order valence-electron chi connectivity index (χ3n) is 10.3. The van der Waals surface area contributed by atoms with E-state index in [0.29, 0.717) is 22.3 Å². The number of phenols is 1. The number of aromatic hydroxyl groups is 1. The molecule has 0 spiro atoms. The van der Waals surface area contributed by atoms with E-state index >= 15 is 0 Å². The molecule has 0 saturated carbocycles. The molecule has 0 aromatic heterocycles. The molecule has 4 atom stereocenters. The number of benzene rings is 2. The molecule has 4 bridgehead atoms. The van der Waals surface area contributed by atoms with Gasteiger partial charge in [0.25, 0.3) is 0 Å². The van der Waals surface area contributed by atoms with Gasteiger partial charge in [-0.1, -0.05) is 30.3 Å². The number of nitrogens with zero attached hydrogens (tertiary/aromatic N) is 1. The molecule has 1 heterocycles. The topological polar surface area (TPSA) is 281 Å². The number of hydrogen-bond donors (Lipinski definition) is 8. The Kier molecular flexibility index (Phi) is 21.5. The van der Waals surface area contributed by atoms with Crippen LogP contribution in [0.5, 0.6) is 5.75 Å². The van der Waals surface area contributed by atoms with E-state index in [-0.39, 0.29) is 70.5 Å². The van der Waals surface area contributed by atoms with Gasteiger partial charge in [0.05, 0.1) is 0 Å². The normalized spacial score (nSPS) is 17.1. The van der Waals surface area contributed by atoms with Gasteiger partial charge in [0.2, 0.25) is 23.6 Å². The van der Waals surface area contributed by atoms with Crippen molar-refractivity contribution in [3.63, 3.8) is 0 Å². The van der Waals surface area contributed by atoms with Gasteiger partial charge in [-0.25, -0.2) is 19.2 Å². The fourth-order valence-corrected chi connectivity index (χ4v) is 7.19. The highest BCUT2D eigenvalue weighted by Crippen LogP contribution is 2.29. The Labute approximate surface area is 423 Å². The third kappa shape index (κ3) is 22.1. The van der Waals surface area contributed by atoms with Gasteiger partial charge in [-0.15, -0.1) is 0 Å². The van der Waals surface area contributed by atoms with Crippen LogP contribution in [0.25, 0.3) is 11.1 Å². The Morgan fingerprint density at radius 3 is 1.75 bits per heavy atom. The van der Waals surface area contributed by atoms with Crippen molar-refractivity contribution in [1.29, 1.82) is 0 Å². The van der Waals surface area contributed by atoms with Crippen molar-refractivity contribution >= 4 is 48.0 Å².